The molecule has 3 nitrogen and oxygen atoms in total. The van der Waals surface area contributed by atoms with Crippen molar-refractivity contribution in [3.63, 3.8) is 0 Å². The second-order valence-corrected chi connectivity index (χ2v) is 2.69. The van der Waals surface area contributed by atoms with Crippen molar-refractivity contribution in [1.82, 2.24) is 5.32 Å². The number of carbonyl (C=O) groups excluding carboxylic acids is 1. The molecule has 12 heavy (non-hydrogen) atoms. The van der Waals surface area contributed by atoms with Gasteiger partial charge in [0, 0.05) is 12.1 Å². The lowest BCUT2D eigenvalue weighted by Gasteiger charge is -1.89. The average Bonchev–Trinajstić information content (AvgIpc) is 2.65. The van der Waals surface area contributed by atoms with E-state index >= 15 is 0 Å². The summed E-state index contributed by atoms with van der Waals surface area (Å²) >= 11 is 0. The fourth-order valence-electron chi connectivity index (χ4n) is 1.22. The van der Waals surface area contributed by atoms with Gasteiger partial charge in [0.1, 0.15) is 5.76 Å². The summed E-state index contributed by atoms with van der Waals surface area (Å²) in [7, 11) is 0. The van der Waals surface area contributed by atoms with E-state index in [9.17, 15) is 4.79 Å². The van der Waals surface area contributed by atoms with E-state index in [1.807, 2.05) is 6.07 Å². The quantitative estimate of drug-likeness (QED) is 0.632. The van der Waals surface area contributed by atoms with Crippen LogP contribution >= 0.6 is 0 Å². The highest BCUT2D eigenvalue weighted by atomic mass is 16.3. The second-order valence-electron chi connectivity index (χ2n) is 2.69. The minimum atomic E-state index is 0.0198. The normalized spacial score (nSPS) is 20.0. The van der Waals surface area contributed by atoms with Gasteiger partial charge >= 0.3 is 0 Å². The topological polar surface area (TPSA) is 42.2 Å². The van der Waals surface area contributed by atoms with Gasteiger partial charge in [0.15, 0.2) is 0 Å². The number of rotatable bonds is 1. The molecule has 2 heterocycles. The minimum absolute atomic E-state index is 0.0198. The lowest BCUT2D eigenvalue weighted by molar-refractivity contribution is -0.116. The Balaban J connectivity index is 2.23. The lowest BCUT2D eigenvalue weighted by Crippen LogP contribution is -2.13. The van der Waals surface area contributed by atoms with E-state index in [-0.39, 0.29) is 5.91 Å². The first-order valence-electron chi connectivity index (χ1n) is 3.88. The number of hydrogen-bond donors (Lipinski definition) is 1. The van der Waals surface area contributed by atoms with Gasteiger partial charge in [-0.2, -0.15) is 0 Å². The molecule has 0 spiro atoms. The molecule has 1 saturated heterocycles. The van der Waals surface area contributed by atoms with Crippen LogP contribution < -0.4 is 5.32 Å². The van der Waals surface area contributed by atoms with Gasteiger partial charge in [0.2, 0.25) is 5.91 Å². The predicted molar refractivity (Wildman–Crippen MR) is 44.3 cm³/mol. The van der Waals surface area contributed by atoms with Crippen molar-refractivity contribution in [3.05, 3.63) is 29.7 Å². The molecule has 1 aromatic rings. The minimum Gasteiger partial charge on any atom is -0.465 e. The number of carbonyl (C=O) groups is 1. The van der Waals surface area contributed by atoms with E-state index in [2.05, 4.69) is 5.32 Å². The third kappa shape index (κ3) is 1.25. The van der Waals surface area contributed by atoms with Crippen LogP contribution in [-0.4, -0.2) is 12.5 Å². The molecule has 0 bridgehead atoms. The van der Waals surface area contributed by atoms with Crippen molar-refractivity contribution >= 4 is 12.0 Å². The van der Waals surface area contributed by atoms with Crippen molar-refractivity contribution in [2.24, 2.45) is 0 Å². The lowest BCUT2D eigenvalue weighted by atomic mass is 10.2. The molecule has 1 amide bonds. The summed E-state index contributed by atoms with van der Waals surface area (Å²) in [4.78, 5) is 11.1. The molecule has 1 N–H and O–H groups in total. The Morgan fingerprint density at radius 1 is 1.58 bits per heavy atom. The molecule has 62 valence electrons. The molecule has 0 aliphatic carbocycles. The van der Waals surface area contributed by atoms with E-state index in [0.29, 0.717) is 0 Å². The van der Waals surface area contributed by atoms with Gasteiger partial charge < -0.3 is 9.73 Å². The Hall–Kier alpha value is -1.51. The highest BCUT2D eigenvalue weighted by Gasteiger charge is 2.15. The predicted octanol–water partition coefficient (Wildman–Crippen LogP) is 1.18. The third-order valence-electron chi connectivity index (χ3n) is 1.83. The van der Waals surface area contributed by atoms with Crippen LogP contribution in [0.2, 0.25) is 0 Å². The number of hydrogen-bond acceptors (Lipinski definition) is 2. The van der Waals surface area contributed by atoms with Crippen LogP contribution in [0.4, 0.5) is 0 Å². The Morgan fingerprint density at radius 3 is 3.08 bits per heavy atom. The maximum Gasteiger partial charge on any atom is 0.247 e. The zero-order valence-electron chi connectivity index (χ0n) is 6.54. The van der Waals surface area contributed by atoms with Gasteiger partial charge in [-0.1, -0.05) is 0 Å². The summed E-state index contributed by atoms with van der Waals surface area (Å²) in [5, 5.41) is 2.73. The average molecular weight is 163 g/mol. The fraction of sp³-hybridized carbons (Fsp3) is 0.222. The molecule has 0 atom stereocenters. The number of amides is 1. The van der Waals surface area contributed by atoms with Gasteiger partial charge in [-0.25, -0.2) is 0 Å². The van der Waals surface area contributed by atoms with E-state index in [0.717, 1.165) is 24.3 Å². The molecule has 2 rings (SSSR count). The van der Waals surface area contributed by atoms with E-state index < -0.39 is 0 Å². The van der Waals surface area contributed by atoms with Crippen LogP contribution in [0.15, 0.2) is 28.4 Å². The molecule has 0 radical (unpaired) electrons. The monoisotopic (exact) mass is 163 g/mol. The van der Waals surface area contributed by atoms with Crippen molar-refractivity contribution in [3.8, 4) is 0 Å². The zero-order chi connectivity index (χ0) is 8.39. The Bertz CT molecular complexity index is 311. The highest BCUT2D eigenvalue weighted by molar-refractivity contribution is 5.99. The Morgan fingerprint density at radius 2 is 2.50 bits per heavy atom. The van der Waals surface area contributed by atoms with E-state index in [1.54, 1.807) is 18.4 Å². The number of nitrogens with one attached hydrogen (secondary N) is 1. The van der Waals surface area contributed by atoms with Crippen LogP contribution in [0.3, 0.4) is 0 Å². The molecule has 1 aromatic heterocycles. The number of furan rings is 1. The fourth-order valence-corrected chi connectivity index (χ4v) is 1.22. The first-order chi connectivity index (χ1) is 5.86. The van der Waals surface area contributed by atoms with Gasteiger partial charge in [0.05, 0.1) is 6.26 Å². The van der Waals surface area contributed by atoms with Gasteiger partial charge in [-0.3, -0.25) is 4.79 Å². The molecular weight excluding hydrogens is 154 g/mol. The summed E-state index contributed by atoms with van der Waals surface area (Å²) in [6, 6.07) is 3.64. The van der Waals surface area contributed by atoms with Crippen LogP contribution in [0.1, 0.15) is 12.2 Å². The summed E-state index contributed by atoms with van der Waals surface area (Å²) in [6.45, 7) is 0.741. The molecule has 3 heteroatoms. The Labute approximate surface area is 70.1 Å². The second kappa shape index (κ2) is 2.85. The van der Waals surface area contributed by atoms with E-state index in [1.165, 1.54) is 0 Å². The van der Waals surface area contributed by atoms with Gasteiger partial charge in [0.25, 0.3) is 0 Å². The first-order valence-corrected chi connectivity index (χ1v) is 3.88. The maximum absolute atomic E-state index is 11.1. The van der Waals surface area contributed by atoms with E-state index in [4.69, 9.17) is 4.42 Å². The van der Waals surface area contributed by atoms with Gasteiger partial charge in [-0.15, -0.1) is 0 Å². The third-order valence-corrected chi connectivity index (χ3v) is 1.83. The summed E-state index contributed by atoms with van der Waals surface area (Å²) in [6.07, 6.45) is 4.17. The van der Waals surface area contributed by atoms with Crippen LogP contribution in [-0.2, 0) is 4.79 Å². The molecule has 1 aliphatic heterocycles. The molecule has 1 aliphatic rings. The largest absolute Gasteiger partial charge is 0.465 e. The van der Waals surface area contributed by atoms with Crippen molar-refractivity contribution in [2.45, 2.75) is 6.42 Å². The Kier molecular flexibility index (Phi) is 1.70. The zero-order valence-corrected chi connectivity index (χ0v) is 6.54. The van der Waals surface area contributed by atoms with Gasteiger partial charge in [-0.05, 0) is 24.6 Å². The summed E-state index contributed by atoms with van der Waals surface area (Å²) in [5.41, 5.74) is 0.796. The summed E-state index contributed by atoms with van der Waals surface area (Å²) < 4.78 is 5.09. The van der Waals surface area contributed by atoms with Crippen LogP contribution in [0, 0.1) is 0 Å². The SMILES string of the molecule is O=C1NCC/C1=C\c1ccco1. The van der Waals surface area contributed by atoms with Crippen LogP contribution in [0.5, 0.6) is 0 Å². The first kappa shape index (κ1) is 7.16. The summed E-state index contributed by atoms with van der Waals surface area (Å²) in [5.74, 6) is 0.758. The van der Waals surface area contributed by atoms with Crippen LogP contribution in [0.25, 0.3) is 6.08 Å². The molecule has 1 fully saturated rings. The van der Waals surface area contributed by atoms with Crippen molar-refractivity contribution in [1.29, 1.82) is 0 Å². The maximum atomic E-state index is 11.1. The molecule has 0 saturated carbocycles. The smallest absolute Gasteiger partial charge is 0.247 e. The molecular formula is C9H9NO2. The molecule has 0 aromatic carbocycles. The van der Waals surface area contributed by atoms with Crippen molar-refractivity contribution < 1.29 is 9.21 Å². The van der Waals surface area contributed by atoms with Crippen molar-refractivity contribution in [2.75, 3.05) is 6.54 Å². The highest BCUT2D eigenvalue weighted by Crippen LogP contribution is 2.13. The standard InChI is InChI=1S/C9H9NO2/c11-9-7(3-4-10-9)6-8-2-1-5-12-8/h1-2,5-6H,3-4H2,(H,10,11)/b7-6+. The molecule has 0 unspecified atom stereocenters.